The first-order chi connectivity index (χ1) is 14.5. The van der Waals surface area contributed by atoms with Crippen molar-refractivity contribution in [3.63, 3.8) is 0 Å². The van der Waals surface area contributed by atoms with Crippen LogP contribution in [0.2, 0.25) is 5.02 Å². The highest BCUT2D eigenvalue weighted by atomic mass is 35.5. The number of nitrogens with zero attached hydrogens (tertiary/aromatic N) is 1. The van der Waals surface area contributed by atoms with Crippen LogP contribution in [0.15, 0.2) is 54.7 Å². The van der Waals surface area contributed by atoms with Crippen LogP contribution in [-0.2, 0) is 20.9 Å². The van der Waals surface area contributed by atoms with Crippen LogP contribution in [0.25, 0.3) is 5.69 Å². The smallest absolute Gasteiger partial charge is 0.302 e. The fraction of sp³-hybridized carbons (Fsp3) is 0.261. The molecule has 7 heteroatoms. The van der Waals surface area contributed by atoms with Gasteiger partial charge in [-0.15, -0.1) is 0 Å². The van der Waals surface area contributed by atoms with E-state index in [0.717, 1.165) is 22.5 Å². The number of hydrogen-bond acceptors (Lipinski definition) is 5. The Bertz CT molecular complexity index is 1030. The molecule has 1 aromatic heterocycles. The molecular weight excluding hydrogens is 406 g/mol. The Morgan fingerprint density at radius 2 is 1.83 bits per heavy atom. The summed E-state index contributed by atoms with van der Waals surface area (Å²) in [6.07, 6.45) is 1.73. The number of methoxy groups -OCH3 is 3. The maximum absolute atomic E-state index is 9.59. The van der Waals surface area contributed by atoms with Gasteiger partial charge in [0.05, 0.1) is 33.6 Å². The lowest BCUT2D eigenvalue weighted by atomic mass is 9.98. The lowest BCUT2D eigenvalue weighted by Gasteiger charge is -2.22. The first-order valence-electron chi connectivity index (χ1n) is 9.33. The Morgan fingerprint density at radius 3 is 2.50 bits per heavy atom. The summed E-state index contributed by atoms with van der Waals surface area (Å²) in [7, 11) is 4.62. The third-order valence-corrected chi connectivity index (χ3v) is 5.00. The highest BCUT2D eigenvalue weighted by Crippen LogP contribution is 2.43. The Kier molecular flexibility index (Phi) is 7.03. The van der Waals surface area contributed by atoms with E-state index in [-0.39, 0.29) is 12.1 Å². The minimum atomic E-state index is -0.307. The molecule has 1 unspecified atom stereocenters. The zero-order valence-corrected chi connectivity index (χ0v) is 18.1. The van der Waals surface area contributed by atoms with Crippen molar-refractivity contribution >= 4 is 17.6 Å². The molecule has 0 spiro atoms. The predicted octanol–water partition coefficient (Wildman–Crippen LogP) is 4.95. The second-order valence-electron chi connectivity index (χ2n) is 6.54. The maximum atomic E-state index is 9.59. The minimum absolute atomic E-state index is 0.245. The molecule has 1 atom stereocenters. The molecule has 0 saturated carbocycles. The van der Waals surface area contributed by atoms with Crippen LogP contribution in [-0.4, -0.2) is 31.9 Å². The molecule has 0 radical (unpaired) electrons. The van der Waals surface area contributed by atoms with Crippen molar-refractivity contribution in [2.24, 2.45) is 0 Å². The first kappa shape index (κ1) is 21.7. The van der Waals surface area contributed by atoms with Gasteiger partial charge in [0.2, 0.25) is 0 Å². The fourth-order valence-corrected chi connectivity index (χ4v) is 3.54. The molecular formula is C23H24ClNO5. The summed E-state index contributed by atoms with van der Waals surface area (Å²) in [5.41, 5.74) is 4.05. The lowest BCUT2D eigenvalue weighted by Crippen LogP contribution is -2.08. The van der Waals surface area contributed by atoms with Gasteiger partial charge in [-0.2, -0.15) is 0 Å². The molecule has 6 nitrogen and oxygen atoms in total. The number of benzene rings is 2. The van der Waals surface area contributed by atoms with Gasteiger partial charge < -0.3 is 23.5 Å². The number of rotatable bonds is 3. The molecule has 0 N–H and O–H groups in total. The second-order valence-corrected chi connectivity index (χ2v) is 6.98. The summed E-state index contributed by atoms with van der Waals surface area (Å²) in [6.45, 7) is 1.85. The van der Waals surface area contributed by atoms with E-state index in [0.29, 0.717) is 23.1 Å². The van der Waals surface area contributed by atoms with E-state index in [4.69, 9.17) is 25.8 Å². The first-order valence-corrected chi connectivity index (χ1v) is 9.71. The minimum Gasteiger partial charge on any atom is -0.493 e. The summed E-state index contributed by atoms with van der Waals surface area (Å²) in [4.78, 5) is 9.59. The Balaban J connectivity index is 0.000000461. The fourth-order valence-electron chi connectivity index (χ4n) is 3.36. The van der Waals surface area contributed by atoms with Crippen LogP contribution < -0.4 is 9.47 Å². The lowest BCUT2D eigenvalue weighted by molar-refractivity contribution is -0.137. The number of carbonyl (C=O) groups is 1. The van der Waals surface area contributed by atoms with Crippen LogP contribution in [0.4, 0.5) is 0 Å². The molecule has 4 rings (SSSR count). The molecule has 2 heterocycles. The average molecular weight is 430 g/mol. The summed E-state index contributed by atoms with van der Waals surface area (Å²) >= 11 is 6.30. The van der Waals surface area contributed by atoms with Gasteiger partial charge in [-0.3, -0.25) is 4.79 Å². The molecule has 3 aromatic rings. The van der Waals surface area contributed by atoms with Gasteiger partial charge in [-0.25, -0.2) is 0 Å². The van der Waals surface area contributed by atoms with Gasteiger partial charge in [0.1, 0.15) is 6.10 Å². The topological polar surface area (TPSA) is 58.9 Å². The zero-order chi connectivity index (χ0) is 21.7. The molecule has 0 aliphatic carbocycles. The van der Waals surface area contributed by atoms with Crippen molar-refractivity contribution in [1.82, 2.24) is 4.57 Å². The van der Waals surface area contributed by atoms with Crippen molar-refractivity contribution in [2.45, 2.75) is 19.6 Å². The van der Waals surface area contributed by atoms with Gasteiger partial charge in [0.25, 0.3) is 0 Å². The number of ether oxygens (including phenoxy) is 4. The quantitative estimate of drug-likeness (QED) is 0.551. The molecule has 1 aliphatic heterocycles. The molecule has 0 amide bonds. The Morgan fingerprint density at radius 1 is 1.07 bits per heavy atom. The Labute approximate surface area is 180 Å². The summed E-state index contributed by atoms with van der Waals surface area (Å²) in [5, 5.41) is 0.671. The second kappa shape index (κ2) is 9.69. The van der Waals surface area contributed by atoms with Crippen molar-refractivity contribution in [1.29, 1.82) is 0 Å². The molecule has 158 valence electrons. The van der Waals surface area contributed by atoms with Crippen molar-refractivity contribution < 1.29 is 23.7 Å². The van der Waals surface area contributed by atoms with E-state index in [9.17, 15) is 4.79 Å². The average Bonchev–Trinajstić information content (AvgIpc) is 3.17. The molecule has 1 aliphatic rings. The summed E-state index contributed by atoms with van der Waals surface area (Å²) in [5.74, 6) is 1.11. The van der Waals surface area contributed by atoms with Crippen LogP contribution in [0, 0.1) is 0 Å². The van der Waals surface area contributed by atoms with E-state index in [1.807, 2.05) is 48.7 Å². The van der Waals surface area contributed by atoms with Gasteiger partial charge >= 0.3 is 5.97 Å². The predicted molar refractivity (Wildman–Crippen MR) is 115 cm³/mol. The van der Waals surface area contributed by atoms with E-state index in [2.05, 4.69) is 15.4 Å². The standard InChI is InChI=1S/C20H18ClNO3.C3H6O2/c1-23-18-7-3-6-15(20(18)24-2)19-16-11-13(21)8-9-17(16)22-10-4-5-14(22)12-25-19;1-3(4)5-2/h3-11,19H,12H2,1-2H3;1-2H3. The molecule has 0 saturated heterocycles. The number of esters is 1. The van der Waals surface area contributed by atoms with E-state index >= 15 is 0 Å². The van der Waals surface area contributed by atoms with E-state index in [1.165, 1.54) is 14.0 Å². The largest absolute Gasteiger partial charge is 0.493 e. The van der Waals surface area contributed by atoms with Crippen LogP contribution >= 0.6 is 11.6 Å². The third kappa shape index (κ3) is 4.45. The van der Waals surface area contributed by atoms with Gasteiger partial charge in [0, 0.05) is 35.0 Å². The number of halogens is 1. The monoisotopic (exact) mass is 429 g/mol. The van der Waals surface area contributed by atoms with Crippen molar-refractivity contribution in [3.05, 3.63) is 76.6 Å². The number of fused-ring (bicyclic) bond motifs is 3. The van der Waals surface area contributed by atoms with Gasteiger partial charge in [0.15, 0.2) is 11.5 Å². The molecule has 30 heavy (non-hydrogen) atoms. The molecule has 2 aromatic carbocycles. The molecule has 0 fully saturated rings. The highest BCUT2D eigenvalue weighted by molar-refractivity contribution is 6.30. The SMILES string of the molecule is COC(C)=O.COc1cccc(C2OCc3cccn3-c3ccc(Cl)cc32)c1OC. The van der Waals surface area contributed by atoms with Crippen molar-refractivity contribution in [3.8, 4) is 17.2 Å². The number of carbonyl (C=O) groups excluding carboxylic acids is 1. The highest BCUT2D eigenvalue weighted by Gasteiger charge is 2.28. The summed E-state index contributed by atoms with van der Waals surface area (Å²) < 4.78 is 23.6. The van der Waals surface area contributed by atoms with Crippen LogP contribution in [0.5, 0.6) is 11.5 Å². The zero-order valence-electron chi connectivity index (χ0n) is 17.3. The van der Waals surface area contributed by atoms with Crippen molar-refractivity contribution in [2.75, 3.05) is 21.3 Å². The van der Waals surface area contributed by atoms with E-state index in [1.54, 1.807) is 14.2 Å². The summed E-state index contributed by atoms with van der Waals surface area (Å²) in [6, 6.07) is 15.8. The normalized spacial score (nSPS) is 14.4. The number of para-hydroxylation sites is 1. The maximum Gasteiger partial charge on any atom is 0.302 e. The third-order valence-electron chi connectivity index (χ3n) is 4.77. The number of hydrogen-bond donors (Lipinski definition) is 0. The van der Waals surface area contributed by atoms with Gasteiger partial charge in [-0.05, 0) is 36.4 Å². The Hall–Kier alpha value is -2.96. The van der Waals surface area contributed by atoms with E-state index < -0.39 is 0 Å². The van der Waals surface area contributed by atoms with Gasteiger partial charge in [-0.1, -0.05) is 23.7 Å². The van der Waals surface area contributed by atoms with Crippen LogP contribution in [0.1, 0.15) is 29.8 Å². The molecule has 0 bridgehead atoms. The number of aromatic nitrogens is 1. The van der Waals surface area contributed by atoms with Crippen LogP contribution in [0.3, 0.4) is 0 Å².